The summed E-state index contributed by atoms with van der Waals surface area (Å²) in [7, 11) is 0. The van der Waals surface area contributed by atoms with Gasteiger partial charge in [0.05, 0.1) is 11.6 Å². The molecular weight excluding hydrogens is 255 g/mol. The Kier molecular flexibility index (Phi) is 2.63. The van der Waals surface area contributed by atoms with Crippen LogP contribution in [-0.2, 0) is 6.54 Å². The fraction of sp³-hybridized carbons (Fsp3) is 0.467. The molecule has 2 heterocycles. The van der Waals surface area contributed by atoms with Gasteiger partial charge in [0.2, 0.25) is 0 Å². The van der Waals surface area contributed by atoms with Gasteiger partial charge in [-0.1, -0.05) is 6.07 Å². The quantitative estimate of drug-likeness (QED) is 0.913. The molecule has 2 aromatic rings. The third kappa shape index (κ3) is 1.85. The topological polar surface area (TPSA) is 42.7 Å². The fourth-order valence-corrected chi connectivity index (χ4v) is 3.00. The normalized spacial score (nSPS) is 21.8. The molecule has 1 fully saturated rings. The van der Waals surface area contributed by atoms with Crippen LogP contribution >= 0.6 is 0 Å². The smallest absolute Gasteiger partial charge is 0.167 e. The van der Waals surface area contributed by atoms with Crippen molar-refractivity contribution in [1.29, 1.82) is 0 Å². The molecule has 4 rings (SSSR count). The van der Waals surface area contributed by atoms with E-state index in [9.17, 15) is 4.39 Å². The minimum atomic E-state index is -0.221. The SMILES string of the molecule is Cc1ccc(-c2nnc3n2CCNC3C2CC2)c(F)c1. The van der Waals surface area contributed by atoms with E-state index in [1.54, 1.807) is 12.1 Å². The van der Waals surface area contributed by atoms with Crippen LogP contribution in [0.1, 0.15) is 30.3 Å². The maximum Gasteiger partial charge on any atom is 0.167 e. The van der Waals surface area contributed by atoms with Crippen molar-refractivity contribution in [3.05, 3.63) is 35.4 Å². The summed E-state index contributed by atoms with van der Waals surface area (Å²) in [6, 6.07) is 5.56. The van der Waals surface area contributed by atoms with Crippen molar-refractivity contribution in [3.63, 3.8) is 0 Å². The summed E-state index contributed by atoms with van der Waals surface area (Å²) in [6.45, 7) is 3.58. The molecule has 1 aromatic heterocycles. The summed E-state index contributed by atoms with van der Waals surface area (Å²) < 4.78 is 16.2. The Labute approximate surface area is 117 Å². The number of aryl methyl sites for hydroxylation is 1. The molecule has 1 aliphatic carbocycles. The second kappa shape index (κ2) is 4.38. The van der Waals surface area contributed by atoms with Crippen LogP contribution in [0.5, 0.6) is 0 Å². The first-order valence-corrected chi connectivity index (χ1v) is 7.17. The number of aromatic nitrogens is 3. The van der Waals surface area contributed by atoms with Crippen molar-refractivity contribution in [2.24, 2.45) is 5.92 Å². The summed E-state index contributed by atoms with van der Waals surface area (Å²) in [5.74, 6) is 2.08. The summed E-state index contributed by atoms with van der Waals surface area (Å²) in [5, 5.41) is 12.1. The van der Waals surface area contributed by atoms with Crippen LogP contribution in [0, 0.1) is 18.7 Å². The van der Waals surface area contributed by atoms with E-state index >= 15 is 0 Å². The lowest BCUT2D eigenvalue weighted by molar-refractivity contribution is 0.382. The third-order valence-corrected chi connectivity index (χ3v) is 4.22. The molecule has 0 saturated heterocycles. The molecule has 1 atom stereocenters. The van der Waals surface area contributed by atoms with Crippen molar-refractivity contribution in [1.82, 2.24) is 20.1 Å². The Hall–Kier alpha value is -1.75. The maximum atomic E-state index is 14.2. The summed E-state index contributed by atoms with van der Waals surface area (Å²) in [6.07, 6.45) is 2.50. The summed E-state index contributed by atoms with van der Waals surface area (Å²) >= 11 is 0. The fourth-order valence-electron chi connectivity index (χ4n) is 3.00. The number of fused-ring (bicyclic) bond motifs is 1. The standard InChI is InChI=1S/C15H17FN4/c1-9-2-5-11(12(16)8-9)14-18-19-15-13(10-3-4-10)17-6-7-20(14)15/h2,5,8,10,13,17H,3-4,6-7H2,1H3. The number of halogens is 1. The maximum absolute atomic E-state index is 14.2. The molecule has 104 valence electrons. The number of benzene rings is 1. The second-order valence-corrected chi connectivity index (χ2v) is 5.79. The number of nitrogens with one attached hydrogen (secondary N) is 1. The van der Waals surface area contributed by atoms with Crippen LogP contribution in [0.4, 0.5) is 4.39 Å². The van der Waals surface area contributed by atoms with E-state index in [4.69, 9.17) is 0 Å². The highest BCUT2D eigenvalue weighted by Crippen LogP contribution is 2.42. The van der Waals surface area contributed by atoms with Crippen molar-refractivity contribution in [3.8, 4) is 11.4 Å². The van der Waals surface area contributed by atoms with E-state index in [2.05, 4.69) is 20.1 Å². The van der Waals surface area contributed by atoms with Crippen LogP contribution < -0.4 is 5.32 Å². The minimum absolute atomic E-state index is 0.221. The second-order valence-electron chi connectivity index (χ2n) is 5.79. The molecule has 0 amide bonds. The minimum Gasteiger partial charge on any atom is -0.308 e. The van der Waals surface area contributed by atoms with Gasteiger partial charge in [0.15, 0.2) is 11.6 Å². The molecule has 20 heavy (non-hydrogen) atoms. The Bertz CT molecular complexity index is 660. The molecule has 1 aromatic carbocycles. The van der Waals surface area contributed by atoms with Gasteiger partial charge in [-0.25, -0.2) is 4.39 Å². The molecule has 1 unspecified atom stereocenters. The van der Waals surface area contributed by atoms with Crippen LogP contribution in [0.3, 0.4) is 0 Å². The van der Waals surface area contributed by atoms with E-state index in [1.807, 2.05) is 13.0 Å². The van der Waals surface area contributed by atoms with Gasteiger partial charge in [0, 0.05) is 13.1 Å². The molecule has 1 saturated carbocycles. The van der Waals surface area contributed by atoms with Crippen LogP contribution in [0.2, 0.25) is 0 Å². The van der Waals surface area contributed by atoms with Crippen molar-refractivity contribution in [2.75, 3.05) is 6.54 Å². The number of hydrogen-bond donors (Lipinski definition) is 1. The predicted molar refractivity (Wildman–Crippen MR) is 73.6 cm³/mol. The van der Waals surface area contributed by atoms with Crippen LogP contribution in [0.25, 0.3) is 11.4 Å². The first kappa shape index (κ1) is 12.0. The van der Waals surface area contributed by atoms with E-state index in [0.29, 0.717) is 23.3 Å². The van der Waals surface area contributed by atoms with Gasteiger partial charge in [-0.3, -0.25) is 0 Å². The molecule has 0 radical (unpaired) electrons. The average Bonchev–Trinajstić information content (AvgIpc) is 3.19. The van der Waals surface area contributed by atoms with Gasteiger partial charge < -0.3 is 9.88 Å². The zero-order valence-corrected chi connectivity index (χ0v) is 11.4. The Morgan fingerprint density at radius 2 is 2.15 bits per heavy atom. The van der Waals surface area contributed by atoms with E-state index < -0.39 is 0 Å². The van der Waals surface area contributed by atoms with Gasteiger partial charge in [0.1, 0.15) is 5.82 Å². The van der Waals surface area contributed by atoms with E-state index in [-0.39, 0.29) is 5.82 Å². The van der Waals surface area contributed by atoms with E-state index in [0.717, 1.165) is 24.5 Å². The predicted octanol–water partition coefficient (Wildman–Crippen LogP) is 2.45. The highest BCUT2D eigenvalue weighted by molar-refractivity contribution is 5.57. The van der Waals surface area contributed by atoms with Gasteiger partial charge in [-0.2, -0.15) is 0 Å². The van der Waals surface area contributed by atoms with Gasteiger partial charge in [-0.05, 0) is 43.4 Å². The van der Waals surface area contributed by atoms with Crippen LogP contribution in [0.15, 0.2) is 18.2 Å². The number of hydrogen-bond acceptors (Lipinski definition) is 3. The monoisotopic (exact) mass is 272 g/mol. The van der Waals surface area contributed by atoms with Crippen molar-refractivity contribution >= 4 is 0 Å². The Morgan fingerprint density at radius 1 is 1.30 bits per heavy atom. The molecule has 0 spiro atoms. The Morgan fingerprint density at radius 3 is 2.90 bits per heavy atom. The molecular formula is C15H17FN4. The first-order valence-electron chi connectivity index (χ1n) is 7.17. The molecule has 1 N–H and O–H groups in total. The zero-order valence-electron chi connectivity index (χ0n) is 11.4. The third-order valence-electron chi connectivity index (χ3n) is 4.22. The lowest BCUT2D eigenvalue weighted by Gasteiger charge is -2.25. The zero-order chi connectivity index (χ0) is 13.7. The molecule has 2 aliphatic rings. The highest BCUT2D eigenvalue weighted by Gasteiger charge is 2.37. The van der Waals surface area contributed by atoms with Crippen LogP contribution in [-0.4, -0.2) is 21.3 Å². The van der Waals surface area contributed by atoms with Gasteiger partial charge in [0.25, 0.3) is 0 Å². The Balaban J connectivity index is 1.80. The molecule has 4 nitrogen and oxygen atoms in total. The van der Waals surface area contributed by atoms with E-state index in [1.165, 1.54) is 12.8 Å². The summed E-state index contributed by atoms with van der Waals surface area (Å²) in [4.78, 5) is 0. The van der Waals surface area contributed by atoms with Gasteiger partial charge in [-0.15, -0.1) is 10.2 Å². The van der Waals surface area contributed by atoms with Gasteiger partial charge >= 0.3 is 0 Å². The number of nitrogens with zero attached hydrogens (tertiary/aromatic N) is 3. The van der Waals surface area contributed by atoms with Crippen molar-refractivity contribution < 1.29 is 4.39 Å². The summed E-state index contributed by atoms with van der Waals surface area (Å²) in [5.41, 5.74) is 1.47. The van der Waals surface area contributed by atoms with Crippen molar-refractivity contribution in [2.45, 2.75) is 32.4 Å². The lowest BCUT2D eigenvalue weighted by Crippen LogP contribution is -2.35. The molecule has 5 heteroatoms. The molecule has 0 bridgehead atoms. The highest BCUT2D eigenvalue weighted by atomic mass is 19.1. The average molecular weight is 272 g/mol. The number of rotatable bonds is 2. The lowest BCUT2D eigenvalue weighted by atomic mass is 10.1. The molecule has 1 aliphatic heterocycles. The first-order chi connectivity index (χ1) is 9.74. The largest absolute Gasteiger partial charge is 0.308 e.